The molecule has 0 aliphatic heterocycles. The number of hydrogen-bond donors (Lipinski definition) is 2. The van der Waals surface area contributed by atoms with Gasteiger partial charge in [0.2, 0.25) is 10.0 Å². The molecule has 0 atom stereocenters. The van der Waals surface area contributed by atoms with Crippen molar-refractivity contribution in [2.45, 2.75) is 25.3 Å². The van der Waals surface area contributed by atoms with Gasteiger partial charge in [-0.15, -0.1) is 0 Å². The summed E-state index contributed by atoms with van der Waals surface area (Å²) in [6.45, 7) is 4.10. The fraction of sp³-hybridized carbons (Fsp3) is 0.136. The molecule has 30 heavy (non-hydrogen) atoms. The average Bonchev–Trinajstić information content (AvgIpc) is 2.68. The molecule has 0 aliphatic rings. The number of primary sulfonamides is 1. The zero-order valence-electron chi connectivity index (χ0n) is 16.5. The standard InChI is InChI=1S/C22H21IN2O4S/c1-14-6-7-15(2)17(10-14)13-29-20-12-19(8-9-21(20)30(24,27)28)25-22(26)16-4-3-5-18(23)11-16/h3-12H,13H2,1-2H3,(H,25,26)(H2,24,27,28). The summed E-state index contributed by atoms with van der Waals surface area (Å²) in [4.78, 5) is 12.4. The van der Waals surface area contributed by atoms with E-state index in [4.69, 9.17) is 9.88 Å². The Balaban J connectivity index is 1.88. The molecule has 0 aliphatic carbocycles. The second-order valence-corrected chi connectivity index (χ2v) is 9.67. The molecule has 0 aromatic heterocycles. The van der Waals surface area contributed by atoms with E-state index in [1.54, 1.807) is 18.2 Å². The number of carbonyl (C=O) groups is 1. The number of aryl methyl sites for hydroxylation is 2. The third-order valence-electron chi connectivity index (χ3n) is 4.48. The summed E-state index contributed by atoms with van der Waals surface area (Å²) < 4.78 is 30.7. The maximum atomic E-state index is 12.5. The van der Waals surface area contributed by atoms with Gasteiger partial charge in [-0.05, 0) is 77.9 Å². The molecule has 3 aromatic rings. The Kier molecular flexibility index (Phi) is 6.79. The van der Waals surface area contributed by atoms with Crippen molar-refractivity contribution in [1.29, 1.82) is 0 Å². The monoisotopic (exact) mass is 536 g/mol. The lowest BCUT2D eigenvalue weighted by Gasteiger charge is -2.14. The van der Waals surface area contributed by atoms with Crippen molar-refractivity contribution in [2.24, 2.45) is 5.14 Å². The summed E-state index contributed by atoms with van der Waals surface area (Å²) >= 11 is 2.13. The highest BCUT2D eigenvalue weighted by atomic mass is 127. The Labute approximate surface area is 189 Å². The summed E-state index contributed by atoms with van der Waals surface area (Å²) in [5, 5.41) is 8.11. The van der Waals surface area contributed by atoms with Crippen molar-refractivity contribution in [1.82, 2.24) is 0 Å². The fourth-order valence-corrected chi connectivity index (χ4v) is 4.08. The highest BCUT2D eigenvalue weighted by molar-refractivity contribution is 14.1. The van der Waals surface area contributed by atoms with Crippen LogP contribution in [-0.4, -0.2) is 14.3 Å². The van der Waals surface area contributed by atoms with Gasteiger partial charge in [0.25, 0.3) is 5.91 Å². The number of carbonyl (C=O) groups excluding carboxylic acids is 1. The Hall–Kier alpha value is -2.43. The van der Waals surface area contributed by atoms with Gasteiger partial charge in [-0.1, -0.05) is 29.8 Å². The van der Waals surface area contributed by atoms with Gasteiger partial charge in [-0.2, -0.15) is 0 Å². The number of amides is 1. The summed E-state index contributed by atoms with van der Waals surface area (Å²) in [6.07, 6.45) is 0. The van der Waals surface area contributed by atoms with Crippen LogP contribution in [0, 0.1) is 17.4 Å². The summed E-state index contributed by atoms with van der Waals surface area (Å²) in [5.41, 5.74) is 3.94. The largest absolute Gasteiger partial charge is 0.487 e. The lowest BCUT2D eigenvalue weighted by atomic mass is 10.1. The van der Waals surface area contributed by atoms with Crippen LogP contribution in [0.4, 0.5) is 5.69 Å². The van der Waals surface area contributed by atoms with E-state index < -0.39 is 10.0 Å². The predicted molar refractivity (Wildman–Crippen MR) is 125 cm³/mol. The van der Waals surface area contributed by atoms with Gasteiger partial charge in [0.1, 0.15) is 17.3 Å². The Bertz CT molecular complexity index is 1210. The normalized spacial score (nSPS) is 11.2. The molecule has 6 nitrogen and oxygen atoms in total. The molecule has 3 rings (SSSR count). The number of ether oxygens (including phenoxy) is 1. The highest BCUT2D eigenvalue weighted by Crippen LogP contribution is 2.28. The zero-order valence-corrected chi connectivity index (χ0v) is 19.5. The molecule has 0 unspecified atom stereocenters. The molecule has 3 aromatic carbocycles. The van der Waals surface area contributed by atoms with Crippen molar-refractivity contribution in [2.75, 3.05) is 5.32 Å². The molecule has 156 valence electrons. The molecule has 1 amide bonds. The van der Waals surface area contributed by atoms with Crippen molar-refractivity contribution in [3.05, 3.63) is 86.5 Å². The lowest BCUT2D eigenvalue weighted by Crippen LogP contribution is -2.16. The van der Waals surface area contributed by atoms with Gasteiger partial charge in [0.15, 0.2) is 0 Å². The van der Waals surface area contributed by atoms with E-state index in [0.29, 0.717) is 11.3 Å². The van der Waals surface area contributed by atoms with Gasteiger partial charge in [0, 0.05) is 20.9 Å². The summed E-state index contributed by atoms with van der Waals surface area (Å²) in [7, 11) is -4.00. The maximum absolute atomic E-state index is 12.5. The van der Waals surface area contributed by atoms with Crippen LogP contribution >= 0.6 is 22.6 Å². The molecule has 0 heterocycles. The number of benzene rings is 3. The van der Waals surface area contributed by atoms with Crippen LogP contribution in [0.25, 0.3) is 0 Å². The van der Waals surface area contributed by atoms with Crippen LogP contribution in [-0.2, 0) is 16.6 Å². The minimum atomic E-state index is -4.00. The Morgan fingerprint density at radius 2 is 1.83 bits per heavy atom. The quantitative estimate of drug-likeness (QED) is 0.457. The first-order valence-corrected chi connectivity index (χ1v) is 11.7. The first-order chi connectivity index (χ1) is 14.1. The SMILES string of the molecule is Cc1ccc(C)c(COc2cc(NC(=O)c3cccc(I)c3)ccc2S(N)(=O)=O)c1. The first kappa shape index (κ1) is 22.3. The third-order valence-corrected chi connectivity index (χ3v) is 6.10. The number of rotatable bonds is 6. The second-order valence-electron chi connectivity index (χ2n) is 6.89. The molecule has 0 radical (unpaired) electrons. The van der Waals surface area contributed by atoms with E-state index >= 15 is 0 Å². The topological polar surface area (TPSA) is 98.5 Å². The van der Waals surface area contributed by atoms with Crippen LogP contribution in [0.5, 0.6) is 5.75 Å². The number of nitrogens with one attached hydrogen (secondary N) is 1. The highest BCUT2D eigenvalue weighted by Gasteiger charge is 2.17. The average molecular weight is 536 g/mol. The van der Waals surface area contributed by atoms with E-state index in [1.807, 2.05) is 38.1 Å². The van der Waals surface area contributed by atoms with Gasteiger partial charge < -0.3 is 10.1 Å². The van der Waals surface area contributed by atoms with Gasteiger partial charge in [-0.25, -0.2) is 13.6 Å². The Morgan fingerprint density at radius 3 is 2.53 bits per heavy atom. The number of nitrogens with two attached hydrogens (primary N) is 1. The predicted octanol–water partition coefficient (Wildman–Crippen LogP) is 4.39. The van der Waals surface area contributed by atoms with E-state index in [-0.39, 0.29) is 23.2 Å². The molecule has 0 bridgehead atoms. The summed E-state index contributed by atoms with van der Waals surface area (Å²) in [5.74, 6) is -0.226. The molecule has 8 heteroatoms. The third kappa shape index (κ3) is 5.59. The minimum absolute atomic E-state index is 0.0823. The van der Waals surface area contributed by atoms with E-state index in [2.05, 4.69) is 27.9 Å². The smallest absolute Gasteiger partial charge is 0.255 e. The molecular formula is C22H21IN2O4S. The van der Waals surface area contributed by atoms with E-state index in [1.165, 1.54) is 18.2 Å². The molecule has 3 N–H and O–H groups in total. The number of halogens is 1. The first-order valence-electron chi connectivity index (χ1n) is 9.06. The number of anilines is 1. The van der Waals surface area contributed by atoms with Crippen LogP contribution in [0.1, 0.15) is 27.0 Å². The molecule has 0 fully saturated rings. The Morgan fingerprint density at radius 1 is 1.07 bits per heavy atom. The minimum Gasteiger partial charge on any atom is -0.487 e. The summed E-state index contributed by atoms with van der Waals surface area (Å²) in [6, 6.07) is 17.4. The van der Waals surface area contributed by atoms with Crippen molar-refractivity contribution in [3.63, 3.8) is 0 Å². The maximum Gasteiger partial charge on any atom is 0.255 e. The molecule has 0 spiro atoms. The van der Waals surface area contributed by atoms with Crippen molar-refractivity contribution >= 4 is 44.2 Å². The van der Waals surface area contributed by atoms with Crippen LogP contribution in [0.15, 0.2) is 65.6 Å². The van der Waals surface area contributed by atoms with Crippen LogP contribution < -0.4 is 15.2 Å². The molecule has 0 saturated heterocycles. The van der Waals surface area contributed by atoms with Gasteiger partial charge in [0.05, 0.1) is 0 Å². The van der Waals surface area contributed by atoms with Gasteiger partial charge in [-0.3, -0.25) is 4.79 Å². The van der Waals surface area contributed by atoms with Crippen LogP contribution in [0.2, 0.25) is 0 Å². The van der Waals surface area contributed by atoms with E-state index in [9.17, 15) is 13.2 Å². The lowest BCUT2D eigenvalue weighted by molar-refractivity contribution is 0.102. The number of hydrogen-bond acceptors (Lipinski definition) is 4. The van der Waals surface area contributed by atoms with E-state index in [0.717, 1.165) is 20.3 Å². The van der Waals surface area contributed by atoms with Crippen molar-refractivity contribution in [3.8, 4) is 5.75 Å². The molecule has 0 saturated carbocycles. The zero-order chi connectivity index (χ0) is 21.9. The second kappa shape index (κ2) is 9.15. The fourth-order valence-electron chi connectivity index (χ4n) is 2.88. The molecular weight excluding hydrogens is 515 g/mol. The number of sulfonamides is 1. The van der Waals surface area contributed by atoms with Crippen molar-refractivity contribution < 1.29 is 17.9 Å². The van der Waals surface area contributed by atoms with Gasteiger partial charge >= 0.3 is 0 Å². The van der Waals surface area contributed by atoms with Crippen LogP contribution in [0.3, 0.4) is 0 Å².